The van der Waals surface area contributed by atoms with Crippen LogP contribution in [0.3, 0.4) is 0 Å². The first-order valence-corrected chi connectivity index (χ1v) is 35.0. The molecule has 0 aliphatic carbocycles. The molecule has 0 unspecified atom stereocenters. The van der Waals surface area contributed by atoms with Gasteiger partial charge >= 0.3 is 0 Å². The Kier molecular flexibility index (Phi) is 22.3. The van der Waals surface area contributed by atoms with Crippen LogP contribution < -0.4 is 18.8 Å². The number of thiophene rings is 2. The van der Waals surface area contributed by atoms with Crippen molar-refractivity contribution in [2.24, 2.45) is 11.8 Å². The molecule has 2 atom stereocenters. The van der Waals surface area contributed by atoms with Gasteiger partial charge in [-0.25, -0.2) is 38.4 Å². The third-order valence-electron chi connectivity index (χ3n) is 13.0. The summed E-state index contributed by atoms with van der Waals surface area (Å²) in [6.07, 6.45) is 0. The smallest absolute Gasteiger partial charge is 0.252 e. The molecule has 6 aromatic rings. The third kappa shape index (κ3) is 18.0. The minimum Gasteiger partial charge on any atom is -0.386 e. The van der Waals surface area contributed by atoms with E-state index in [9.17, 15) is 43.9 Å². The standard InChI is InChI=1S/C28H37N3O5S3.C22H33N3O5S3.C6H5I/c1-22(2)21-38(33,34)31(25-9-6-5-7-10-25)20-26-19-29(39(35,36)27-11-8-18-37-27)16-17-30(26)24-14-12-23(13-15-24)28(3,4)32;1-17(2)16-32(27,28)23-14-20-15-24(33(29,30)21-6-5-13-31-21)11-12-25(20)19-9-7-18(8-10-19)22(3,4)26;7-6-4-2-1-3-5-6/h5-15,18,22,26,32H,16-17,19-21H2,1-4H3;5-10,13,17,20,23,26H,11-12,14-16H2,1-4H3;1-5H/t26-;20-;/m10./s1. The molecule has 79 heavy (non-hydrogen) atoms. The van der Waals surface area contributed by atoms with E-state index in [0.717, 1.165) is 22.5 Å². The van der Waals surface area contributed by atoms with Gasteiger partial charge in [-0.15, -0.1) is 22.7 Å². The van der Waals surface area contributed by atoms with Crippen LogP contribution in [-0.4, -0.2) is 128 Å². The lowest BCUT2D eigenvalue weighted by Gasteiger charge is -2.44. The zero-order valence-electron chi connectivity index (χ0n) is 46.0. The Bertz CT molecular complexity index is 3290. The highest BCUT2D eigenvalue weighted by Crippen LogP contribution is 2.32. The summed E-state index contributed by atoms with van der Waals surface area (Å²) in [7, 11) is -14.5. The summed E-state index contributed by atoms with van der Waals surface area (Å²) in [5, 5.41) is 24.1. The van der Waals surface area contributed by atoms with Crippen molar-refractivity contribution >= 4 is 102 Å². The monoisotopic (exact) mass is 1310 g/mol. The second-order valence-corrected chi connectivity index (χ2v) is 32.6. The van der Waals surface area contributed by atoms with Crippen molar-refractivity contribution in [2.75, 3.05) is 78.0 Å². The molecule has 2 fully saturated rings. The zero-order chi connectivity index (χ0) is 58.0. The van der Waals surface area contributed by atoms with Gasteiger partial charge in [-0.1, -0.05) is 100 Å². The van der Waals surface area contributed by atoms with Gasteiger partial charge < -0.3 is 20.0 Å². The molecule has 0 amide bonds. The van der Waals surface area contributed by atoms with Crippen molar-refractivity contribution in [2.45, 2.75) is 87.1 Å². The maximum absolute atomic E-state index is 13.6. The Labute approximate surface area is 491 Å². The fourth-order valence-corrected chi connectivity index (χ4v) is 18.1. The van der Waals surface area contributed by atoms with Crippen molar-refractivity contribution in [3.05, 3.63) is 159 Å². The molecular weight excluding hydrogens is 1240 g/mol. The lowest BCUT2D eigenvalue weighted by Crippen LogP contribution is -2.59. The number of benzene rings is 4. The van der Waals surface area contributed by atoms with Gasteiger partial charge in [0.1, 0.15) is 8.42 Å². The first-order valence-electron chi connectivity index (χ1n) is 26.0. The fourth-order valence-electron chi connectivity index (χ4n) is 9.11. The Morgan fingerprint density at radius 2 is 0.987 bits per heavy atom. The first-order chi connectivity index (χ1) is 37.0. The van der Waals surface area contributed by atoms with Crippen molar-refractivity contribution in [1.82, 2.24) is 13.3 Å². The number of halogens is 1. The normalized spacial score (nSPS) is 17.2. The van der Waals surface area contributed by atoms with Gasteiger partial charge in [-0.05, 0) is 145 Å². The van der Waals surface area contributed by atoms with Crippen molar-refractivity contribution < 1.29 is 43.9 Å². The number of para-hydroxylation sites is 1. The minimum absolute atomic E-state index is 0.0111. The van der Waals surface area contributed by atoms with Gasteiger partial charge in [-0.3, -0.25) is 4.31 Å². The molecule has 3 N–H and O–H groups in total. The van der Waals surface area contributed by atoms with Crippen molar-refractivity contribution in [3.63, 3.8) is 0 Å². The van der Waals surface area contributed by atoms with Crippen LogP contribution in [0, 0.1) is 15.4 Å². The number of sulfonamides is 4. The number of rotatable bonds is 19. The molecule has 2 aliphatic rings. The average Bonchev–Trinajstić information content (AvgIpc) is 4.21. The van der Waals surface area contributed by atoms with Crippen LogP contribution in [0.25, 0.3) is 0 Å². The highest BCUT2D eigenvalue weighted by Gasteiger charge is 2.39. The molecule has 4 heterocycles. The van der Waals surface area contributed by atoms with E-state index in [1.165, 1.54) is 39.2 Å². The molecule has 16 nitrogen and oxygen atoms in total. The summed E-state index contributed by atoms with van der Waals surface area (Å²) in [4.78, 5) is 4.11. The second kappa shape index (κ2) is 27.4. The zero-order valence-corrected chi connectivity index (χ0v) is 53.0. The van der Waals surface area contributed by atoms with Crippen LogP contribution in [0.2, 0.25) is 0 Å². The van der Waals surface area contributed by atoms with Gasteiger partial charge in [0.25, 0.3) is 20.0 Å². The van der Waals surface area contributed by atoms with Crippen LogP contribution in [0.15, 0.2) is 153 Å². The third-order valence-corrected chi connectivity index (χ3v) is 24.0. The van der Waals surface area contributed by atoms with Crippen LogP contribution in [0.5, 0.6) is 0 Å². The summed E-state index contributed by atoms with van der Waals surface area (Å²) in [6, 6.07) is 39.9. The van der Waals surface area contributed by atoms with Crippen LogP contribution >= 0.6 is 45.3 Å². The lowest BCUT2D eigenvalue weighted by molar-refractivity contribution is 0.0780. The Morgan fingerprint density at radius 3 is 1.37 bits per heavy atom. The van der Waals surface area contributed by atoms with E-state index >= 15 is 0 Å². The minimum atomic E-state index is -3.71. The molecule has 8 rings (SSSR count). The molecule has 23 heteroatoms. The Morgan fingerprint density at radius 1 is 0.570 bits per heavy atom. The highest BCUT2D eigenvalue weighted by atomic mass is 127. The maximum Gasteiger partial charge on any atom is 0.252 e. The average molecular weight is 1310 g/mol. The predicted octanol–water partition coefficient (Wildman–Crippen LogP) is 9.07. The number of aliphatic hydroxyl groups is 2. The number of nitrogens with one attached hydrogen (secondary N) is 1. The number of nitrogens with zero attached hydrogens (tertiary/aromatic N) is 5. The molecule has 0 bridgehead atoms. The lowest BCUT2D eigenvalue weighted by atomic mass is 9.98. The molecule has 2 aliphatic heterocycles. The van der Waals surface area contributed by atoms with E-state index in [0.29, 0.717) is 25.3 Å². The first kappa shape index (κ1) is 64.2. The van der Waals surface area contributed by atoms with Crippen molar-refractivity contribution in [1.29, 1.82) is 0 Å². The van der Waals surface area contributed by atoms with Gasteiger partial charge in [0.05, 0.1) is 47.0 Å². The SMILES string of the molecule is CC(C)CS(=O)(=O)N(C[C@H]1CN(S(=O)(=O)c2cccs2)CCN1c1ccc(C(C)(C)O)cc1)c1ccccc1.CC(C)CS(=O)(=O)NC[C@H]1CN(S(=O)(=O)c2cccs2)CCN1c1ccc(C(C)(C)O)cc1.Ic1ccccc1. The summed E-state index contributed by atoms with van der Waals surface area (Å²) in [5.74, 6) is -0.104. The summed E-state index contributed by atoms with van der Waals surface area (Å²) in [6.45, 7) is 16.1. The van der Waals surface area contributed by atoms with E-state index < -0.39 is 57.3 Å². The fraction of sp³-hybridized carbons (Fsp3) is 0.429. The molecule has 0 saturated carbocycles. The Hall–Kier alpha value is -3.99. The summed E-state index contributed by atoms with van der Waals surface area (Å²) >= 11 is 4.63. The Balaban J connectivity index is 0.000000229. The van der Waals surface area contributed by atoms with E-state index in [1.807, 2.05) is 105 Å². The van der Waals surface area contributed by atoms with Crippen LogP contribution in [0.4, 0.5) is 17.1 Å². The molecule has 2 aromatic heterocycles. The molecule has 0 spiro atoms. The predicted molar refractivity (Wildman–Crippen MR) is 330 cm³/mol. The van der Waals surface area contributed by atoms with Crippen LogP contribution in [-0.2, 0) is 51.3 Å². The molecule has 2 saturated heterocycles. The highest BCUT2D eigenvalue weighted by molar-refractivity contribution is 14.1. The summed E-state index contributed by atoms with van der Waals surface area (Å²) < 4.78 is 114. The summed E-state index contributed by atoms with van der Waals surface area (Å²) in [5.41, 5.74) is 1.79. The van der Waals surface area contributed by atoms with Gasteiger partial charge in [0.2, 0.25) is 20.0 Å². The maximum atomic E-state index is 13.6. The van der Waals surface area contributed by atoms with Crippen LogP contribution in [0.1, 0.15) is 66.5 Å². The molecule has 0 radical (unpaired) electrons. The van der Waals surface area contributed by atoms with E-state index in [4.69, 9.17) is 0 Å². The number of piperazine rings is 2. The quantitative estimate of drug-likeness (QED) is 0.0650. The molecule has 432 valence electrons. The van der Waals surface area contributed by atoms with Crippen molar-refractivity contribution in [3.8, 4) is 0 Å². The largest absolute Gasteiger partial charge is 0.386 e. The number of hydrogen-bond donors (Lipinski definition) is 3. The van der Waals surface area contributed by atoms with Gasteiger partial charge in [-0.2, -0.15) is 8.61 Å². The molecule has 4 aromatic carbocycles. The number of hydrogen-bond acceptors (Lipinski definition) is 14. The van der Waals surface area contributed by atoms with E-state index in [-0.39, 0.29) is 70.5 Å². The topological polar surface area (TPSA) is 205 Å². The number of anilines is 3. The van der Waals surface area contributed by atoms with E-state index in [1.54, 1.807) is 87.0 Å². The molecular formula is C56H75IN6O10S6. The van der Waals surface area contributed by atoms with Gasteiger partial charge in [0, 0.05) is 60.8 Å². The second-order valence-electron chi connectivity index (χ2n) is 21.4. The van der Waals surface area contributed by atoms with Gasteiger partial charge in [0.15, 0.2) is 0 Å². The van der Waals surface area contributed by atoms with E-state index in [2.05, 4.69) is 44.3 Å².